The van der Waals surface area contributed by atoms with Crippen molar-refractivity contribution in [3.63, 3.8) is 0 Å². The highest BCUT2D eigenvalue weighted by molar-refractivity contribution is 7.18. The fourth-order valence-corrected chi connectivity index (χ4v) is 3.51. The van der Waals surface area contributed by atoms with Gasteiger partial charge in [-0.2, -0.15) is 0 Å². The molecule has 3 aromatic heterocycles. The van der Waals surface area contributed by atoms with E-state index in [0.29, 0.717) is 0 Å². The lowest BCUT2D eigenvalue weighted by atomic mass is 10.3. The van der Waals surface area contributed by atoms with Crippen molar-refractivity contribution >= 4 is 38.7 Å². The topological polar surface area (TPSA) is 37.8 Å². The Morgan fingerprint density at radius 3 is 2.95 bits per heavy atom. The average molecular weight is 289 g/mol. The summed E-state index contributed by atoms with van der Waals surface area (Å²) in [5, 5.41) is 6.68. The lowest BCUT2D eigenvalue weighted by molar-refractivity contribution is 0.958. The number of nitrogens with zero attached hydrogens (tertiary/aromatic N) is 2. The summed E-state index contributed by atoms with van der Waals surface area (Å²) in [5.74, 6) is 1.86. The molecule has 0 atom stereocenters. The van der Waals surface area contributed by atoms with Gasteiger partial charge in [-0.25, -0.2) is 9.97 Å². The van der Waals surface area contributed by atoms with Crippen LogP contribution in [0.3, 0.4) is 0 Å². The molecule has 1 N–H and O–H groups in total. The van der Waals surface area contributed by atoms with Gasteiger partial charge in [-0.1, -0.05) is 13.0 Å². The van der Waals surface area contributed by atoms with Crippen molar-refractivity contribution in [1.82, 2.24) is 9.97 Å². The Bertz CT molecular complexity index is 686. The maximum absolute atomic E-state index is 4.62. The summed E-state index contributed by atoms with van der Waals surface area (Å²) >= 11 is 3.49. The molecule has 3 heterocycles. The first-order chi connectivity index (χ1) is 9.26. The molecule has 0 saturated carbocycles. The van der Waals surface area contributed by atoms with Gasteiger partial charge in [-0.3, -0.25) is 0 Å². The van der Waals surface area contributed by atoms with Gasteiger partial charge in [0.1, 0.15) is 16.5 Å². The fraction of sp³-hybridized carbons (Fsp3) is 0.286. The number of anilines is 1. The van der Waals surface area contributed by atoms with Gasteiger partial charge in [-0.05, 0) is 24.4 Å². The van der Waals surface area contributed by atoms with Gasteiger partial charge in [-0.15, -0.1) is 22.7 Å². The minimum atomic E-state index is 0.821. The smallest absolute Gasteiger partial charge is 0.138 e. The van der Waals surface area contributed by atoms with Gasteiger partial charge in [0.05, 0.1) is 11.9 Å². The van der Waals surface area contributed by atoms with Gasteiger partial charge in [0.15, 0.2) is 0 Å². The number of aryl methyl sites for hydroxylation is 2. The zero-order valence-electron chi connectivity index (χ0n) is 10.9. The third-order valence-electron chi connectivity index (χ3n) is 2.89. The molecule has 98 valence electrons. The first-order valence-corrected chi connectivity index (χ1v) is 7.99. The predicted octanol–water partition coefficient (Wildman–Crippen LogP) is 4.24. The molecule has 5 heteroatoms. The van der Waals surface area contributed by atoms with Crippen LogP contribution in [0.5, 0.6) is 0 Å². The molecule has 0 aliphatic rings. The first kappa shape index (κ1) is 12.6. The molecule has 3 aromatic rings. The molecule has 0 aromatic carbocycles. The third kappa shape index (κ3) is 2.62. The van der Waals surface area contributed by atoms with Crippen LogP contribution in [0, 0.1) is 6.92 Å². The van der Waals surface area contributed by atoms with Crippen LogP contribution in [0.4, 0.5) is 5.82 Å². The Morgan fingerprint density at radius 2 is 2.21 bits per heavy atom. The van der Waals surface area contributed by atoms with E-state index in [1.807, 2.05) is 0 Å². The lowest BCUT2D eigenvalue weighted by Gasteiger charge is -2.07. The molecular weight excluding hydrogens is 274 g/mol. The van der Waals surface area contributed by atoms with E-state index in [1.54, 1.807) is 22.7 Å². The van der Waals surface area contributed by atoms with Crippen LogP contribution in [-0.4, -0.2) is 9.97 Å². The van der Waals surface area contributed by atoms with Crippen LogP contribution in [0.2, 0.25) is 0 Å². The highest BCUT2D eigenvalue weighted by Gasteiger charge is 2.09. The van der Waals surface area contributed by atoms with Crippen LogP contribution >= 0.6 is 22.7 Å². The molecule has 0 saturated heterocycles. The van der Waals surface area contributed by atoms with E-state index in [9.17, 15) is 0 Å². The molecule has 0 bridgehead atoms. The SMILES string of the molecule is CCc1nc(NCc2cccs2)c2cc(C)sc2n1. The van der Waals surface area contributed by atoms with Gasteiger partial charge in [0, 0.05) is 16.2 Å². The second kappa shape index (κ2) is 5.27. The number of fused-ring (bicyclic) bond motifs is 1. The minimum Gasteiger partial charge on any atom is -0.365 e. The van der Waals surface area contributed by atoms with Crippen LogP contribution in [0.15, 0.2) is 23.6 Å². The van der Waals surface area contributed by atoms with Gasteiger partial charge in [0.2, 0.25) is 0 Å². The second-order valence-electron chi connectivity index (χ2n) is 4.35. The Hall–Kier alpha value is -1.46. The van der Waals surface area contributed by atoms with E-state index >= 15 is 0 Å². The molecule has 0 unspecified atom stereocenters. The number of hydrogen-bond acceptors (Lipinski definition) is 5. The number of nitrogens with one attached hydrogen (secondary N) is 1. The Kier molecular flexibility index (Phi) is 3.48. The van der Waals surface area contributed by atoms with Crippen molar-refractivity contribution in [2.45, 2.75) is 26.8 Å². The van der Waals surface area contributed by atoms with Crippen LogP contribution < -0.4 is 5.32 Å². The summed E-state index contributed by atoms with van der Waals surface area (Å²) < 4.78 is 0. The minimum absolute atomic E-state index is 0.821. The summed E-state index contributed by atoms with van der Waals surface area (Å²) in [4.78, 5) is 12.9. The van der Waals surface area contributed by atoms with E-state index in [-0.39, 0.29) is 0 Å². The predicted molar refractivity (Wildman–Crippen MR) is 83.2 cm³/mol. The molecule has 0 radical (unpaired) electrons. The largest absolute Gasteiger partial charge is 0.365 e. The molecular formula is C14H15N3S2. The molecule has 19 heavy (non-hydrogen) atoms. The Balaban J connectivity index is 1.96. The highest BCUT2D eigenvalue weighted by Crippen LogP contribution is 2.29. The standard InChI is InChI=1S/C14H15N3S2/c1-3-12-16-13(15-8-10-5-4-6-18-10)11-7-9(2)19-14(11)17-12/h4-7H,3,8H2,1-2H3,(H,15,16,17). The van der Waals surface area contributed by atoms with Crippen molar-refractivity contribution in [2.24, 2.45) is 0 Å². The zero-order valence-corrected chi connectivity index (χ0v) is 12.6. The number of thiophene rings is 2. The van der Waals surface area contributed by atoms with E-state index in [0.717, 1.165) is 34.8 Å². The van der Waals surface area contributed by atoms with E-state index in [4.69, 9.17) is 0 Å². The van der Waals surface area contributed by atoms with Gasteiger partial charge in [0.25, 0.3) is 0 Å². The molecule has 3 rings (SSSR count). The van der Waals surface area contributed by atoms with E-state index in [2.05, 4.69) is 52.7 Å². The third-order valence-corrected chi connectivity index (χ3v) is 4.71. The molecule has 0 spiro atoms. The number of rotatable bonds is 4. The summed E-state index contributed by atoms with van der Waals surface area (Å²) in [6, 6.07) is 6.37. The van der Waals surface area contributed by atoms with Crippen molar-refractivity contribution in [2.75, 3.05) is 5.32 Å². The van der Waals surface area contributed by atoms with Gasteiger partial charge < -0.3 is 5.32 Å². The summed E-state index contributed by atoms with van der Waals surface area (Å²) in [5.41, 5.74) is 0. The molecule has 3 nitrogen and oxygen atoms in total. The maximum atomic E-state index is 4.62. The highest BCUT2D eigenvalue weighted by atomic mass is 32.1. The summed E-state index contributed by atoms with van der Waals surface area (Å²) in [6.45, 7) is 5.02. The summed E-state index contributed by atoms with van der Waals surface area (Å²) in [6.07, 6.45) is 0.862. The lowest BCUT2D eigenvalue weighted by Crippen LogP contribution is -2.03. The van der Waals surface area contributed by atoms with E-state index in [1.165, 1.54) is 9.75 Å². The Morgan fingerprint density at radius 1 is 1.32 bits per heavy atom. The zero-order chi connectivity index (χ0) is 13.2. The molecule has 0 aliphatic heterocycles. The van der Waals surface area contributed by atoms with Crippen LogP contribution in [0.1, 0.15) is 22.5 Å². The van der Waals surface area contributed by atoms with Gasteiger partial charge >= 0.3 is 0 Å². The second-order valence-corrected chi connectivity index (χ2v) is 6.62. The monoisotopic (exact) mass is 289 g/mol. The van der Waals surface area contributed by atoms with Crippen molar-refractivity contribution < 1.29 is 0 Å². The quantitative estimate of drug-likeness (QED) is 0.781. The number of aromatic nitrogens is 2. The average Bonchev–Trinajstić information content (AvgIpc) is 3.03. The van der Waals surface area contributed by atoms with E-state index < -0.39 is 0 Å². The first-order valence-electron chi connectivity index (χ1n) is 6.29. The number of hydrogen-bond donors (Lipinski definition) is 1. The van der Waals surface area contributed by atoms with Crippen LogP contribution in [-0.2, 0) is 13.0 Å². The summed E-state index contributed by atoms with van der Waals surface area (Å²) in [7, 11) is 0. The normalized spacial score (nSPS) is 11.1. The van der Waals surface area contributed by atoms with Crippen molar-refractivity contribution in [1.29, 1.82) is 0 Å². The molecule has 0 fully saturated rings. The Labute approximate surface area is 120 Å². The fourth-order valence-electron chi connectivity index (χ4n) is 1.96. The van der Waals surface area contributed by atoms with Crippen molar-refractivity contribution in [3.05, 3.63) is 39.2 Å². The molecule has 0 aliphatic carbocycles. The van der Waals surface area contributed by atoms with Crippen molar-refractivity contribution in [3.8, 4) is 0 Å². The van der Waals surface area contributed by atoms with Crippen LogP contribution in [0.25, 0.3) is 10.2 Å². The molecule has 0 amide bonds. The maximum Gasteiger partial charge on any atom is 0.138 e.